The van der Waals surface area contributed by atoms with E-state index in [1.165, 1.54) is 6.07 Å². The molecule has 0 saturated heterocycles. The van der Waals surface area contributed by atoms with Gasteiger partial charge in [0.2, 0.25) is 0 Å². The van der Waals surface area contributed by atoms with Gasteiger partial charge in [-0.25, -0.2) is 8.78 Å². The SMILES string of the molecule is CC1(C)C(O)CC1NCC(O)c1c(F)cccc1F. The maximum Gasteiger partial charge on any atom is 0.131 e. The lowest BCUT2D eigenvalue weighted by molar-refractivity contribution is -0.0750. The summed E-state index contributed by atoms with van der Waals surface area (Å²) in [5, 5.41) is 22.5. The molecule has 1 aromatic rings. The van der Waals surface area contributed by atoms with Crippen molar-refractivity contribution in [3.8, 4) is 0 Å². The van der Waals surface area contributed by atoms with Crippen LogP contribution in [0, 0.1) is 17.0 Å². The summed E-state index contributed by atoms with van der Waals surface area (Å²) in [6, 6.07) is 3.55. The van der Waals surface area contributed by atoms with Crippen molar-refractivity contribution >= 4 is 0 Å². The maximum atomic E-state index is 13.5. The number of halogens is 2. The van der Waals surface area contributed by atoms with Crippen LogP contribution in [0.3, 0.4) is 0 Å². The fourth-order valence-electron chi connectivity index (χ4n) is 2.43. The Bertz CT molecular complexity index is 445. The molecule has 3 N–H and O–H groups in total. The van der Waals surface area contributed by atoms with E-state index in [2.05, 4.69) is 5.32 Å². The molecular weight excluding hydrogens is 252 g/mol. The van der Waals surface area contributed by atoms with Crippen molar-refractivity contribution in [2.75, 3.05) is 6.54 Å². The maximum absolute atomic E-state index is 13.5. The molecule has 0 heterocycles. The van der Waals surface area contributed by atoms with Crippen molar-refractivity contribution in [3.05, 3.63) is 35.4 Å². The lowest BCUT2D eigenvalue weighted by Gasteiger charge is -2.50. The number of hydrogen-bond acceptors (Lipinski definition) is 3. The van der Waals surface area contributed by atoms with E-state index in [9.17, 15) is 19.0 Å². The Morgan fingerprint density at radius 3 is 2.42 bits per heavy atom. The quantitative estimate of drug-likeness (QED) is 0.782. The molecule has 106 valence electrons. The Kier molecular flexibility index (Phi) is 3.90. The molecule has 0 spiro atoms. The van der Waals surface area contributed by atoms with E-state index in [0.717, 1.165) is 12.1 Å². The van der Waals surface area contributed by atoms with Crippen LogP contribution in [0.5, 0.6) is 0 Å². The second kappa shape index (κ2) is 5.15. The zero-order chi connectivity index (χ0) is 14.2. The molecule has 1 aliphatic rings. The summed E-state index contributed by atoms with van der Waals surface area (Å²) in [6.45, 7) is 3.88. The van der Waals surface area contributed by atoms with E-state index in [4.69, 9.17) is 0 Å². The van der Waals surface area contributed by atoms with E-state index >= 15 is 0 Å². The number of rotatable bonds is 4. The van der Waals surface area contributed by atoms with Gasteiger partial charge in [0.05, 0.1) is 17.8 Å². The number of aliphatic hydroxyl groups is 2. The Balaban J connectivity index is 1.97. The summed E-state index contributed by atoms with van der Waals surface area (Å²) in [7, 11) is 0. The molecule has 0 radical (unpaired) electrons. The molecule has 0 aromatic heterocycles. The van der Waals surface area contributed by atoms with Crippen molar-refractivity contribution in [1.82, 2.24) is 5.32 Å². The average molecular weight is 271 g/mol. The minimum Gasteiger partial charge on any atom is -0.392 e. The minimum atomic E-state index is -1.24. The van der Waals surface area contributed by atoms with E-state index in [1.807, 2.05) is 13.8 Å². The average Bonchev–Trinajstić information content (AvgIpc) is 2.34. The van der Waals surface area contributed by atoms with Crippen molar-refractivity contribution in [2.45, 2.75) is 38.5 Å². The van der Waals surface area contributed by atoms with Gasteiger partial charge in [-0.15, -0.1) is 0 Å². The third kappa shape index (κ3) is 2.63. The van der Waals surface area contributed by atoms with Crippen molar-refractivity contribution in [1.29, 1.82) is 0 Å². The summed E-state index contributed by atoms with van der Waals surface area (Å²) in [4.78, 5) is 0. The fourth-order valence-corrected chi connectivity index (χ4v) is 2.43. The molecule has 1 fully saturated rings. The van der Waals surface area contributed by atoms with Gasteiger partial charge < -0.3 is 15.5 Å². The van der Waals surface area contributed by atoms with E-state index in [-0.39, 0.29) is 29.7 Å². The summed E-state index contributed by atoms with van der Waals surface area (Å²) >= 11 is 0. The standard InChI is InChI=1S/C14H19F2NO2/c1-14(2)11(6-12(14)19)17-7-10(18)13-8(15)4-3-5-9(13)16/h3-5,10-12,17-19H,6-7H2,1-2H3. The number of benzene rings is 1. The minimum absolute atomic E-state index is 0.0342. The summed E-state index contributed by atoms with van der Waals surface area (Å²) in [5.41, 5.74) is -0.597. The Hall–Kier alpha value is -1.04. The molecule has 3 atom stereocenters. The largest absolute Gasteiger partial charge is 0.392 e. The van der Waals surface area contributed by atoms with Gasteiger partial charge in [-0.3, -0.25) is 0 Å². The first-order valence-corrected chi connectivity index (χ1v) is 6.37. The molecular formula is C14H19F2NO2. The van der Waals surface area contributed by atoms with E-state index in [0.29, 0.717) is 6.42 Å². The smallest absolute Gasteiger partial charge is 0.131 e. The molecule has 3 nitrogen and oxygen atoms in total. The topological polar surface area (TPSA) is 52.5 Å². The first-order valence-electron chi connectivity index (χ1n) is 6.37. The molecule has 2 rings (SSSR count). The van der Waals surface area contributed by atoms with E-state index in [1.54, 1.807) is 0 Å². The second-order valence-corrected chi connectivity index (χ2v) is 5.68. The van der Waals surface area contributed by atoms with Gasteiger partial charge in [0.15, 0.2) is 0 Å². The number of aliphatic hydroxyl groups excluding tert-OH is 2. The van der Waals surface area contributed by atoms with Gasteiger partial charge in [-0.1, -0.05) is 19.9 Å². The Morgan fingerprint density at radius 1 is 1.37 bits per heavy atom. The van der Waals surface area contributed by atoms with Crippen LogP contribution in [0.2, 0.25) is 0 Å². The molecule has 0 bridgehead atoms. The first-order chi connectivity index (χ1) is 8.84. The predicted octanol–water partition coefficient (Wildman–Crippen LogP) is 1.75. The predicted molar refractivity (Wildman–Crippen MR) is 67.5 cm³/mol. The molecule has 1 saturated carbocycles. The summed E-state index contributed by atoms with van der Waals surface area (Å²) in [6.07, 6.45) is -1.04. The molecule has 5 heteroatoms. The highest BCUT2D eigenvalue weighted by Crippen LogP contribution is 2.40. The van der Waals surface area contributed by atoms with Crippen LogP contribution in [-0.4, -0.2) is 28.9 Å². The number of nitrogens with one attached hydrogen (secondary N) is 1. The van der Waals surface area contributed by atoms with Crippen LogP contribution in [-0.2, 0) is 0 Å². The lowest BCUT2D eigenvalue weighted by atomic mass is 9.64. The third-order valence-electron chi connectivity index (χ3n) is 4.11. The van der Waals surface area contributed by atoms with Crippen LogP contribution < -0.4 is 5.32 Å². The summed E-state index contributed by atoms with van der Waals surface area (Å²) in [5.74, 6) is -1.50. The van der Waals surface area contributed by atoms with Gasteiger partial charge in [-0.2, -0.15) is 0 Å². The first kappa shape index (κ1) is 14.4. The molecule has 19 heavy (non-hydrogen) atoms. The molecule has 1 aliphatic carbocycles. The Morgan fingerprint density at radius 2 is 1.95 bits per heavy atom. The Labute approximate surface area is 111 Å². The molecule has 1 aromatic carbocycles. The van der Waals surface area contributed by atoms with Crippen molar-refractivity contribution in [3.63, 3.8) is 0 Å². The van der Waals surface area contributed by atoms with Crippen molar-refractivity contribution < 1.29 is 19.0 Å². The highest BCUT2D eigenvalue weighted by atomic mass is 19.1. The van der Waals surface area contributed by atoms with Crippen LogP contribution in [0.1, 0.15) is 31.9 Å². The third-order valence-corrected chi connectivity index (χ3v) is 4.11. The van der Waals surface area contributed by atoms with Gasteiger partial charge >= 0.3 is 0 Å². The van der Waals surface area contributed by atoms with Gasteiger partial charge in [0, 0.05) is 18.0 Å². The molecule has 0 amide bonds. The summed E-state index contributed by atoms with van der Waals surface area (Å²) < 4.78 is 26.9. The van der Waals surface area contributed by atoms with Gasteiger partial charge in [-0.05, 0) is 18.6 Å². The van der Waals surface area contributed by atoms with Crippen LogP contribution in [0.4, 0.5) is 8.78 Å². The number of hydrogen-bond donors (Lipinski definition) is 3. The van der Waals surface area contributed by atoms with Gasteiger partial charge in [0.1, 0.15) is 11.6 Å². The normalized spacial score (nSPS) is 26.8. The lowest BCUT2D eigenvalue weighted by Crippen LogP contribution is -2.60. The molecule has 3 unspecified atom stereocenters. The van der Waals surface area contributed by atoms with Crippen LogP contribution in [0.15, 0.2) is 18.2 Å². The zero-order valence-corrected chi connectivity index (χ0v) is 11.0. The second-order valence-electron chi connectivity index (χ2n) is 5.68. The fraction of sp³-hybridized carbons (Fsp3) is 0.571. The van der Waals surface area contributed by atoms with Crippen LogP contribution in [0.25, 0.3) is 0 Å². The highest BCUT2D eigenvalue weighted by molar-refractivity contribution is 5.22. The highest BCUT2D eigenvalue weighted by Gasteiger charge is 2.47. The monoisotopic (exact) mass is 271 g/mol. The molecule has 0 aliphatic heterocycles. The van der Waals surface area contributed by atoms with E-state index < -0.39 is 17.7 Å². The van der Waals surface area contributed by atoms with Gasteiger partial charge in [0.25, 0.3) is 0 Å². The zero-order valence-electron chi connectivity index (χ0n) is 11.0. The van der Waals surface area contributed by atoms with Crippen LogP contribution >= 0.6 is 0 Å². The van der Waals surface area contributed by atoms with Crippen molar-refractivity contribution in [2.24, 2.45) is 5.41 Å².